The number of primary amides is 1. The van der Waals surface area contributed by atoms with Gasteiger partial charge >= 0.3 is 0 Å². The van der Waals surface area contributed by atoms with Gasteiger partial charge in [-0.2, -0.15) is 0 Å². The zero-order valence-corrected chi connectivity index (χ0v) is 25.1. The molecule has 1 heterocycles. The van der Waals surface area contributed by atoms with E-state index < -0.39 is 23.8 Å². The third-order valence-electron chi connectivity index (χ3n) is 8.79. The summed E-state index contributed by atoms with van der Waals surface area (Å²) in [6.07, 6.45) is 8.74. The van der Waals surface area contributed by atoms with Crippen LogP contribution in [0.2, 0.25) is 0 Å². The molecule has 1 saturated carbocycles. The number of para-hydroxylation sites is 3. The highest BCUT2D eigenvalue weighted by Gasteiger charge is 2.39. The number of hydrogen-bond acceptors (Lipinski definition) is 4. The molecule has 41 heavy (non-hydrogen) atoms. The molecule has 7 nitrogen and oxygen atoms in total. The molecule has 0 radical (unpaired) electrons. The van der Waals surface area contributed by atoms with Crippen molar-refractivity contribution in [2.45, 2.75) is 84.6 Å². The second-order valence-electron chi connectivity index (χ2n) is 12.3. The van der Waals surface area contributed by atoms with Gasteiger partial charge in [0.05, 0.1) is 17.9 Å². The standard InChI is InChI=1S/C34H48N4O3/c1-4-5-17-27(32(35)39)28(22-24(2)3)33(40)36-29-23-38(26-15-7-6-8-16-26)31-19-12-11-18-30(31)37(34(29)41)21-20-25-13-9-10-14-25/h6-8,11-12,15-16,18-19,24-25,27-29H,4-5,9-10,13-14,17,20-23H2,1-3H3,(H2,35,39)(H,36,40)/t27-,28+,29?/m0/s1. The van der Waals surface area contributed by atoms with Gasteiger partial charge in [-0.1, -0.05) is 89.6 Å². The van der Waals surface area contributed by atoms with Crippen molar-refractivity contribution in [3.63, 3.8) is 0 Å². The van der Waals surface area contributed by atoms with E-state index in [0.717, 1.165) is 36.3 Å². The lowest BCUT2D eigenvalue weighted by Crippen LogP contribution is -2.54. The highest BCUT2D eigenvalue weighted by Crippen LogP contribution is 2.38. The van der Waals surface area contributed by atoms with E-state index in [-0.39, 0.29) is 17.7 Å². The van der Waals surface area contributed by atoms with Crippen LogP contribution in [0, 0.1) is 23.7 Å². The summed E-state index contributed by atoms with van der Waals surface area (Å²) < 4.78 is 0. The van der Waals surface area contributed by atoms with E-state index in [1.807, 2.05) is 67.3 Å². The number of nitrogens with two attached hydrogens (primary N) is 1. The third-order valence-corrected chi connectivity index (χ3v) is 8.79. The van der Waals surface area contributed by atoms with Crippen molar-refractivity contribution in [2.75, 3.05) is 22.9 Å². The molecule has 0 saturated heterocycles. The van der Waals surface area contributed by atoms with E-state index in [2.05, 4.69) is 23.2 Å². The Labute approximate surface area is 245 Å². The highest BCUT2D eigenvalue weighted by molar-refractivity contribution is 6.04. The maximum atomic E-state index is 14.3. The number of carbonyl (C=O) groups excluding carboxylic acids is 3. The van der Waals surface area contributed by atoms with Crippen LogP contribution < -0.4 is 20.9 Å². The Morgan fingerprint density at radius 1 is 0.976 bits per heavy atom. The summed E-state index contributed by atoms with van der Waals surface area (Å²) in [6.45, 7) is 7.08. The van der Waals surface area contributed by atoms with Crippen LogP contribution in [0.1, 0.15) is 78.6 Å². The molecule has 3 amide bonds. The predicted octanol–water partition coefficient (Wildman–Crippen LogP) is 6.19. The Bertz CT molecular complexity index is 1160. The maximum Gasteiger partial charge on any atom is 0.251 e. The number of hydrogen-bond donors (Lipinski definition) is 2. The summed E-state index contributed by atoms with van der Waals surface area (Å²) in [5.74, 6) is -1.10. The number of amides is 3. The average molecular weight is 561 g/mol. The van der Waals surface area contributed by atoms with E-state index in [9.17, 15) is 14.4 Å². The van der Waals surface area contributed by atoms with Gasteiger partial charge in [0.1, 0.15) is 6.04 Å². The van der Waals surface area contributed by atoms with Crippen molar-refractivity contribution in [3.05, 3.63) is 54.6 Å². The number of benzene rings is 2. The quantitative estimate of drug-likeness (QED) is 0.305. The number of anilines is 3. The first-order valence-corrected chi connectivity index (χ1v) is 15.6. The highest BCUT2D eigenvalue weighted by atomic mass is 16.2. The van der Waals surface area contributed by atoms with Crippen molar-refractivity contribution in [1.82, 2.24) is 5.32 Å². The van der Waals surface area contributed by atoms with Crippen LogP contribution in [-0.4, -0.2) is 36.9 Å². The van der Waals surface area contributed by atoms with Crippen molar-refractivity contribution < 1.29 is 14.4 Å². The summed E-state index contributed by atoms with van der Waals surface area (Å²) in [5.41, 5.74) is 8.63. The molecular formula is C34H48N4O3. The number of unbranched alkanes of at least 4 members (excludes halogenated alkanes) is 1. The lowest BCUT2D eigenvalue weighted by Gasteiger charge is -2.30. The third kappa shape index (κ3) is 7.69. The fourth-order valence-corrected chi connectivity index (χ4v) is 6.59. The summed E-state index contributed by atoms with van der Waals surface area (Å²) in [7, 11) is 0. The Kier molecular flexibility index (Phi) is 10.8. The molecule has 2 aromatic carbocycles. The van der Waals surface area contributed by atoms with E-state index in [1.165, 1.54) is 25.7 Å². The minimum absolute atomic E-state index is 0.102. The predicted molar refractivity (Wildman–Crippen MR) is 166 cm³/mol. The van der Waals surface area contributed by atoms with Gasteiger partial charge in [0.15, 0.2) is 0 Å². The normalized spacial score (nSPS) is 19.1. The molecule has 1 aliphatic carbocycles. The second-order valence-corrected chi connectivity index (χ2v) is 12.3. The Hall–Kier alpha value is -3.35. The first-order valence-electron chi connectivity index (χ1n) is 15.6. The molecular weight excluding hydrogens is 512 g/mol. The lowest BCUT2D eigenvalue weighted by atomic mass is 9.81. The van der Waals surface area contributed by atoms with E-state index in [0.29, 0.717) is 31.8 Å². The fourth-order valence-electron chi connectivity index (χ4n) is 6.59. The van der Waals surface area contributed by atoms with Crippen LogP contribution >= 0.6 is 0 Å². The van der Waals surface area contributed by atoms with Gasteiger partial charge < -0.3 is 20.9 Å². The van der Waals surface area contributed by atoms with Gasteiger partial charge in [-0.15, -0.1) is 0 Å². The molecule has 4 rings (SSSR count). The second kappa shape index (κ2) is 14.5. The van der Waals surface area contributed by atoms with Crippen molar-refractivity contribution in [1.29, 1.82) is 0 Å². The molecule has 0 spiro atoms. The minimum Gasteiger partial charge on any atom is -0.369 e. The number of fused-ring (bicyclic) bond motifs is 1. The largest absolute Gasteiger partial charge is 0.369 e. The van der Waals surface area contributed by atoms with E-state index in [4.69, 9.17) is 5.73 Å². The minimum atomic E-state index is -0.770. The van der Waals surface area contributed by atoms with E-state index in [1.54, 1.807) is 0 Å². The molecule has 3 N–H and O–H groups in total. The fraction of sp³-hybridized carbons (Fsp3) is 0.559. The molecule has 1 aliphatic heterocycles. The van der Waals surface area contributed by atoms with Crippen molar-refractivity contribution in [3.8, 4) is 0 Å². The SMILES string of the molecule is CCCC[C@H](C(N)=O)[C@@H](CC(C)C)C(=O)NC1CN(c2ccccc2)c2ccccc2N(CCC2CCCC2)C1=O. The topological polar surface area (TPSA) is 95.7 Å². The molecule has 7 heteroatoms. The molecule has 1 fully saturated rings. The summed E-state index contributed by atoms with van der Waals surface area (Å²) in [4.78, 5) is 44.9. The summed E-state index contributed by atoms with van der Waals surface area (Å²) in [6, 6.07) is 17.3. The molecule has 0 bridgehead atoms. The van der Waals surface area contributed by atoms with Crippen LogP contribution in [0.15, 0.2) is 54.6 Å². The van der Waals surface area contributed by atoms with Gasteiger partial charge in [0, 0.05) is 24.1 Å². The molecule has 2 aliphatic rings. The number of nitrogens with one attached hydrogen (secondary N) is 1. The van der Waals surface area contributed by atoms with Gasteiger partial charge in [-0.25, -0.2) is 0 Å². The smallest absolute Gasteiger partial charge is 0.251 e. The maximum absolute atomic E-state index is 14.3. The first kappa shape index (κ1) is 30.6. The monoisotopic (exact) mass is 560 g/mol. The Morgan fingerprint density at radius 3 is 2.27 bits per heavy atom. The van der Waals surface area contributed by atoms with Crippen LogP contribution in [0.4, 0.5) is 17.1 Å². The van der Waals surface area contributed by atoms with Gasteiger partial charge in [0.2, 0.25) is 11.8 Å². The number of nitrogens with zero attached hydrogens (tertiary/aromatic N) is 2. The van der Waals surface area contributed by atoms with Crippen LogP contribution in [0.5, 0.6) is 0 Å². The summed E-state index contributed by atoms with van der Waals surface area (Å²) >= 11 is 0. The summed E-state index contributed by atoms with van der Waals surface area (Å²) in [5, 5.41) is 3.14. The molecule has 1 unspecified atom stereocenters. The van der Waals surface area contributed by atoms with Crippen LogP contribution in [0.25, 0.3) is 0 Å². The van der Waals surface area contributed by atoms with Gasteiger partial charge in [-0.3, -0.25) is 14.4 Å². The van der Waals surface area contributed by atoms with E-state index >= 15 is 0 Å². The zero-order valence-electron chi connectivity index (χ0n) is 25.1. The molecule has 0 aromatic heterocycles. The number of carbonyl (C=O) groups is 3. The number of rotatable bonds is 13. The Morgan fingerprint density at radius 2 is 1.63 bits per heavy atom. The van der Waals surface area contributed by atoms with Crippen LogP contribution in [0.3, 0.4) is 0 Å². The zero-order chi connectivity index (χ0) is 29.4. The molecule has 3 atom stereocenters. The van der Waals surface area contributed by atoms with Gasteiger partial charge in [0.25, 0.3) is 5.91 Å². The van der Waals surface area contributed by atoms with Crippen LogP contribution in [-0.2, 0) is 14.4 Å². The van der Waals surface area contributed by atoms with Crippen molar-refractivity contribution in [2.24, 2.45) is 29.4 Å². The van der Waals surface area contributed by atoms with Crippen molar-refractivity contribution >= 4 is 34.8 Å². The Balaban J connectivity index is 1.68. The lowest BCUT2D eigenvalue weighted by molar-refractivity contribution is -0.136. The first-order chi connectivity index (χ1) is 19.8. The molecule has 222 valence electrons. The molecule has 2 aromatic rings. The van der Waals surface area contributed by atoms with Gasteiger partial charge in [-0.05, 0) is 55.4 Å². The average Bonchev–Trinajstić information content (AvgIpc) is 3.45.